The fourth-order valence-electron chi connectivity index (χ4n) is 2.93. The number of anilines is 1. The molecule has 11 heteroatoms. The Labute approximate surface area is 187 Å². The van der Waals surface area contributed by atoms with Crippen LogP contribution in [0.2, 0.25) is 5.02 Å². The number of non-ortho nitro benzene ring substituents is 1. The molecule has 2 heterocycles. The molecule has 4 rings (SSSR count). The first-order chi connectivity index (χ1) is 15.4. The van der Waals surface area contributed by atoms with Gasteiger partial charge in [0.25, 0.3) is 11.6 Å². The molecular weight excluding hydrogens is 436 g/mol. The summed E-state index contributed by atoms with van der Waals surface area (Å²) < 4.78 is 8.95. The van der Waals surface area contributed by atoms with Gasteiger partial charge in [-0.1, -0.05) is 11.6 Å². The number of aromatic nitrogens is 4. The van der Waals surface area contributed by atoms with Gasteiger partial charge in [0.15, 0.2) is 5.69 Å². The Morgan fingerprint density at radius 2 is 2.00 bits per heavy atom. The van der Waals surface area contributed by atoms with E-state index < -0.39 is 10.8 Å². The van der Waals surface area contributed by atoms with Crippen molar-refractivity contribution in [2.45, 2.75) is 13.6 Å². The third-order valence-corrected chi connectivity index (χ3v) is 4.87. The lowest BCUT2D eigenvalue weighted by molar-refractivity contribution is -0.384. The van der Waals surface area contributed by atoms with E-state index in [2.05, 4.69) is 15.5 Å². The standard InChI is InChI=1S/C21H17ClN6O4/c1-14-9-17(3-4-19(14)22)32-18-11-15(10-16(12-18)28(30)31)24-21(29)20-5-8-27(25-20)13-26-7-2-6-23-26/h2-12H,13H2,1H3,(H,24,29). The van der Waals surface area contributed by atoms with Gasteiger partial charge in [-0.05, 0) is 42.8 Å². The molecule has 0 bridgehead atoms. The summed E-state index contributed by atoms with van der Waals surface area (Å²) in [7, 11) is 0. The Bertz CT molecular complexity index is 1290. The highest BCUT2D eigenvalue weighted by atomic mass is 35.5. The van der Waals surface area contributed by atoms with Crippen molar-refractivity contribution >= 4 is 28.9 Å². The predicted molar refractivity (Wildman–Crippen MR) is 117 cm³/mol. The van der Waals surface area contributed by atoms with E-state index in [-0.39, 0.29) is 22.8 Å². The van der Waals surface area contributed by atoms with E-state index in [1.54, 1.807) is 58.3 Å². The number of benzene rings is 2. The molecule has 0 unspecified atom stereocenters. The molecule has 1 amide bonds. The molecule has 0 atom stereocenters. The number of amides is 1. The normalized spacial score (nSPS) is 10.7. The number of nitro benzene ring substituents is 1. The third kappa shape index (κ3) is 4.93. The molecular formula is C21H17ClN6O4. The van der Waals surface area contributed by atoms with Gasteiger partial charge in [-0.2, -0.15) is 10.2 Å². The number of halogens is 1. The Morgan fingerprint density at radius 3 is 2.72 bits per heavy atom. The molecule has 0 aliphatic heterocycles. The second-order valence-electron chi connectivity index (χ2n) is 6.87. The molecule has 2 aromatic carbocycles. The molecule has 1 N–H and O–H groups in total. The lowest BCUT2D eigenvalue weighted by Crippen LogP contribution is -2.15. The first-order valence-corrected chi connectivity index (χ1v) is 9.81. The summed E-state index contributed by atoms with van der Waals surface area (Å²) in [5.74, 6) is 0.139. The van der Waals surface area contributed by atoms with Crippen LogP contribution < -0.4 is 10.1 Å². The van der Waals surface area contributed by atoms with E-state index in [0.717, 1.165) is 5.56 Å². The zero-order chi connectivity index (χ0) is 22.7. The Morgan fingerprint density at radius 1 is 1.16 bits per heavy atom. The van der Waals surface area contributed by atoms with Crippen molar-refractivity contribution in [2.75, 3.05) is 5.32 Å². The zero-order valence-electron chi connectivity index (χ0n) is 16.8. The maximum absolute atomic E-state index is 12.6. The summed E-state index contributed by atoms with van der Waals surface area (Å²) in [4.78, 5) is 23.4. The van der Waals surface area contributed by atoms with Crippen molar-refractivity contribution in [1.29, 1.82) is 0 Å². The number of hydrogen-bond donors (Lipinski definition) is 1. The number of aryl methyl sites for hydroxylation is 1. The highest BCUT2D eigenvalue weighted by Gasteiger charge is 2.16. The van der Waals surface area contributed by atoms with E-state index >= 15 is 0 Å². The molecule has 2 aromatic heterocycles. The number of carbonyl (C=O) groups is 1. The van der Waals surface area contributed by atoms with Gasteiger partial charge < -0.3 is 10.1 Å². The molecule has 0 spiro atoms. The highest BCUT2D eigenvalue weighted by Crippen LogP contribution is 2.31. The quantitative estimate of drug-likeness (QED) is 0.326. The molecule has 162 valence electrons. The topological polar surface area (TPSA) is 117 Å². The van der Waals surface area contributed by atoms with Gasteiger partial charge >= 0.3 is 0 Å². The third-order valence-electron chi connectivity index (χ3n) is 4.45. The van der Waals surface area contributed by atoms with Gasteiger partial charge in [0.05, 0.1) is 16.7 Å². The van der Waals surface area contributed by atoms with Crippen molar-refractivity contribution in [1.82, 2.24) is 19.6 Å². The smallest absolute Gasteiger partial charge is 0.276 e. The lowest BCUT2D eigenvalue weighted by atomic mass is 10.2. The maximum Gasteiger partial charge on any atom is 0.276 e. The minimum absolute atomic E-state index is 0.152. The van der Waals surface area contributed by atoms with Gasteiger partial charge in [0, 0.05) is 35.7 Å². The average molecular weight is 453 g/mol. The van der Waals surface area contributed by atoms with Gasteiger partial charge in [-0.25, -0.2) is 0 Å². The number of rotatable bonds is 7. The van der Waals surface area contributed by atoms with E-state index in [4.69, 9.17) is 16.3 Å². The van der Waals surface area contributed by atoms with Crippen LogP contribution in [0.5, 0.6) is 11.5 Å². The second-order valence-corrected chi connectivity index (χ2v) is 7.27. The van der Waals surface area contributed by atoms with E-state index in [1.165, 1.54) is 18.2 Å². The molecule has 32 heavy (non-hydrogen) atoms. The molecule has 0 aliphatic carbocycles. The minimum Gasteiger partial charge on any atom is -0.457 e. The summed E-state index contributed by atoms with van der Waals surface area (Å²) in [6, 6.07) is 12.4. The summed E-state index contributed by atoms with van der Waals surface area (Å²) in [6.07, 6.45) is 5.06. The van der Waals surface area contributed by atoms with Crippen LogP contribution >= 0.6 is 11.6 Å². The van der Waals surface area contributed by atoms with Crippen LogP contribution in [0.15, 0.2) is 67.1 Å². The molecule has 0 fully saturated rings. The molecule has 0 aliphatic rings. The number of hydrogen-bond acceptors (Lipinski definition) is 6. The Balaban J connectivity index is 1.53. The fourth-order valence-corrected chi connectivity index (χ4v) is 3.04. The van der Waals surface area contributed by atoms with Gasteiger partial charge in [-0.15, -0.1) is 0 Å². The SMILES string of the molecule is Cc1cc(Oc2cc(NC(=O)c3ccn(Cn4cccn4)n3)cc([N+](=O)[O-])c2)ccc1Cl. The second kappa shape index (κ2) is 8.90. The number of nitrogens with one attached hydrogen (secondary N) is 1. The van der Waals surface area contributed by atoms with Gasteiger partial charge in [0.2, 0.25) is 0 Å². The first kappa shape index (κ1) is 21.1. The number of ether oxygens (including phenoxy) is 1. The fraction of sp³-hybridized carbons (Fsp3) is 0.0952. The summed E-state index contributed by atoms with van der Waals surface area (Å²) in [5.41, 5.74) is 0.924. The summed E-state index contributed by atoms with van der Waals surface area (Å²) in [6.45, 7) is 2.16. The molecule has 0 saturated heterocycles. The number of nitrogens with zero attached hydrogens (tertiary/aromatic N) is 5. The van der Waals surface area contributed by atoms with Crippen molar-refractivity contribution in [3.8, 4) is 11.5 Å². The van der Waals surface area contributed by atoms with Crippen LogP contribution in [-0.2, 0) is 6.67 Å². The number of carbonyl (C=O) groups excluding carboxylic acids is 1. The van der Waals surface area contributed by atoms with Crippen LogP contribution in [0, 0.1) is 17.0 Å². The molecule has 10 nitrogen and oxygen atoms in total. The van der Waals surface area contributed by atoms with Gasteiger partial charge in [-0.3, -0.25) is 24.3 Å². The van der Waals surface area contributed by atoms with Crippen LogP contribution in [0.4, 0.5) is 11.4 Å². The van der Waals surface area contributed by atoms with Crippen LogP contribution in [0.3, 0.4) is 0 Å². The largest absolute Gasteiger partial charge is 0.457 e. The molecule has 4 aromatic rings. The highest BCUT2D eigenvalue weighted by molar-refractivity contribution is 6.31. The zero-order valence-corrected chi connectivity index (χ0v) is 17.6. The van der Waals surface area contributed by atoms with Crippen molar-refractivity contribution in [2.24, 2.45) is 0 Å². The molecule has 0 saturated carbocycles. The molecule has 0 radical (unpaired) electrons. The van der Waals surface area contributed by atoms with E-state index in [0.29, 0.717) is 17.4 Å². The van der Waals surface area contributed by atoms with Crippen LogP contribution in [0.1, 0.15) is 16.1 Å². The maximum atomic E-state index is 12.6. The van der Waals surface area contributed by atoms with Gasteiger partial charge in [0.1, 0.15) is 18.2 Å². The summed E-state index contributed by atoms with van der Waals surface area (Å²) >= 11 is 6.03. The van der Waals surface area contributed by atoms with E-state index in [1.807, 2.05) is 6.92 Å². The Hall–Kier alpha value is -4.18. The minimum atomic E-state index is -0.561. The van der Waals surface area contributed by atoms with E-state index in [9.17, 15) is 14.9 Å². The monoisotopic (exact) mass is 452 g/mol. The van der Waals surface area contributed by atoms with Crippen LogP contribution in [0.25, 0.3) is 0 Å². The van der Waals surface area contributed by atoms with Crippen molar-refractivity contribution < 1.29 is 14.5 Å². The van der Waals surface area contributed by atoms with Crippen molar-refractivity contribution in [3.05, 3.63) is 93.5 Å². The number of nitro groups is 1. The Kier molecular flexibility index (Phi) is 5.86. The van der Waals surface area contributed by atoms with Crippen LogP contribution in [-0.4, -0.2) is 30.4 Å². The summed E-state index contributed by atoms with van der Waals surface area (Å²) in [5, 5.41) is 22.9. The lowest BCUT2D eigenvalue weighted by Gasteiger charge is -2.10. The average Bonchev–Trinajstić information content (AvgIpc) is 3.43. The predicted octanol–water partition coefficient (Wildman–Crippen LogP) is 4.50. The van der Waals surface area contributed by atoms with Crippen molar-refractivity contribution in [3.63, 3.8) is 0 Å². The first-order valence-electron chi connectivity index (χ1n) is 9.43.